The highest BCUT2D eigenvalue weighted by Crippen LogP contribution is 2.21. The van der Waals surface area contributed by atoms with E-state index in [-0.39, 0.29) is 11.5 Å². The predicted octanol–water partition coefficient (Wildman–Crippen LogP) is 4.52. The minimum atomic E-state index is -0.189. The molecule has 5 heteroatoms. The molecule has 2 aromatic carbocycles. The first-order valence-electron chi connectivity index (χ1n) is 9.35. The van der Waals surface area contributed by atoms with Crippen LogP contribution in [0.2, 0.25) is 0 Å². The molecule has 0 spiro atoms. The van der Waals surface area contributed by atoms with Crippen molar-refractivity contribution >= 4 is 22.5 Å². The van der Waals surface area contributed by atoms with E-state index >= 15 is 0 Å². The summed E-state index contributed by atoms with van der Waals surface area (Å²) in [4.78, 5) is 27.4. The van der Waals surface area contributed by atoms with Crippen molar-refractivity contribution in [3.05, 3.63) is 94.5 Å². The lowest BCUT2D eigenvalue weighted by Gasteiger charge is -2.10. The zero-order chi connectivity index (χ0) is 19.5. The number of amides is 1. The smallest absolute Gasteiger partial charge is 0.255 e. The summed E-state index contributed by atoms with van der Waals surface area (Å²) in [6.45, 7) is 2.09. The molecule has 28 heavy (non-hydrogen) atoms. The Bertz CT molecular complexity index is 1170. The third kappa shape index (κ3) is 3.60. The van der Waals surface area contributed by atoms with Gasteiger partial charge in [0, 0.05) is 40.8 Å². The standard InChI is InChI=1S/C23H21N3O2/c1-2-5-17-14-22(27)25-21-15-18(8-11-20(17)21)24-23(28)16-6-9-19(10-7-16)26-12-3-4-13-26/h3-4,6-15H,2,5H2,1H3,(H,24,28)(H,25,27). The van der Waals surface area contributed by atoms with Gasteiger partial charge in [-0.15, -0.1) is 0 Å². The molecular formula is C23H21N3O2. The van der Waals surface area contributed by atoms with Crippen molar-refractivity contribution in [2.24, 2.45) is 0 Å². The molecule has 4 rings (SSSR count). The monoisotopic (exact) mass is 371 g/mol. The number of aromatic amines is 1. The lowest BCUT2D eigenvalue weighted by Crippen LogP contribution is -2.12. The van der Waals surface area contributed by atoms with Crippen molar-refractivity contribution < 1.29 is 4.79 Å². The summed E-state index contributed by atoms with van der Waals surface area (Å²) in [5, 5.41) is 3.92. The summed E-state index contributed by atoms with van der Waals surface area (Å²) < 4.78 is 1.98. The fourth-order valence-electron chi connectivity index (χ4n) is 3.38. The molecule has 0 aliphatic carbocycles. The number of pyridine rings is 1. The molecule has 0 aliphatic rings. The maximum Gasteiger partial charge on any atom is 0.255 e. The van der Waals surface area contributed by atoms with Gasteiger partial charge in [-0.3, -0.25) is 9.59 Å². The number of hydrogen-bond donors (Lipinski definition) is 2. The number of anilines is 1. The molecule has 0 saturated carbocycles. The van der Waals surface area contributed by atoms with Crippen LogP contribution in [0.25, 0.3) is 16.6 Å². The van der Waals surface area contributed by atoms with Crippen molar-refractivity contribution in [3.8, 4) is 5.69 Å². The molecule has 0 atom stereocenters. The first-order valence-corrected chi connectivity index (χ1v) is 9.35. The summed E-state index contributed by atoms with van der Waals surface area (Å²) in [5.41, 5.74) is 3.85. The molecule has 1 amide bonds. The van der Waals surface area contributed by atoms with Crippen molar-refractivity contribution in [1.29, 1.82) is 0 Å². The zero-order valence-corrected chi connectivity index (χ0v) is 15.6. The fourth-order valence-corrected chi connectivity index (χ4v) is 3.38. The number of aromatic nitrogens is 2. The topological polar surface area (TPSA) is 66.9 Å². The number of nitrogens with zero attached hydrogens (tertiary/aromatic N) is 1. The van der Waals surface area contributed by atoms with Gasteiger partial charge in [0.15, 0.2) is 0 Å². The number of rotatable bonds is 5. The number of fused-ring (bicyclic) bond motifs is 1. The minimum absolute atomic E-state index is 0.125. The highest BCUT2D eigenvalue weighted by atomic mass is 16.1. The van der Waals surface area contributed by atoms with E-state index in [2.05, 4.69) is 17.2 Å². The van der Waals surface area contributed by atoms with Crippen LogP contribution in [0.5, 0.6) is 0 Å². The Morgan fingerprint density at radius 2 is 1.79 bits per heavy atom. The lowest BCUT2D eigenvalue weighted by atomic mass is 10.0. The van der Waals surface area contributed by atoms with Crippen molar-refractivity contribution in [2.75, 3.05) is 5.32 Å². The molecule has 0 unspecified atom stereocenters. The van der Waals surface area contributed by atoms with Crippen LogP contribution < -0.4 is 10.9 Å². The maximum atomic E-state index is 12.6. The van der Waals surface area contributed by atoms with Gasteiger partial charge in [-0.05, 0) is 60.5 Å². The predicted molar refractivity (Wildman–Crippen MR) is 112 cm³/mol. The van der Waals surface area contributed by atoms with Gasteiger partial charge in [-0.2, -0.15) is 0 Å². The van der Waals surface area contributed by atoms with Crippen LogP contribution in [0, 0.1) is 0 Å². The van der Waals surface area contributed by atoms with E-state index in [4.69, 9.17) is 0 Å². The molecule has 4 aromatic rings. The molecule has 2 N–H and O–H groups in total. The number of carbonyl (C=O) groups excluding carboxylic acids is 1. The molecule has 140 valence electrons. The second-order valence-electron chi connectivity index (χ2n) is 6.76. The molecule has 0 bridgehead atoms. The Kier molecular flexibility index (Phi) is 4.81. The number of nitrogens with one attached hydrogen (secondary N) is 2. The average Bonchev–Trinajstić information content (AvgIpc) is 3.23. The molecular weight excluding hydrogens is 350 g/mol. The highest BCUT2D eigenvalue weighted by molar-refractivity contribution is 6.05. The lowest BCUT2D eigenvalue weighted by molar-refractivity contribution is 0.102. The maximum absolute atomic E-state index is 12.6. The first kappa shape index (κ1) is 17.8. The van der Waals surface area contributed by atoms with Crippen LogP contribution in [0.4, 0.5) is 5.69 Å². The van der Waals surface area contributed by atoms with Gasteiger partial charge in [0.1, 0.15) is 0 Å². The van der Waals surface area contributed by atoms with E-state index in [0.29, 0.717) is 11.3 Å². The molecule has 0 fully saturated rings. The fraction of sp³-hybridized carbons (Fsp3) is 0.130. The summed E-state index contributed by atoms with van der Waals surface area (Å²) in [7, 11) is 0. The van der Waals surface area contributed by atoms with E-state index in [1.807, 2.05) is 59.4 Å². The minimum Gasteiger partial charge on any atom is -0.324 e. The summed E-state index contributed by atoms with van der Waals surface area (Å²) >= 11 is 0. The first-order chi connectivity index (χ1) is 13.6. The number of carbonyl (C=O) groups is 1. The second kappa shape index (κ2) is 7.56. The quantitative estimate of drug-likeness (QED) is 0.541. The molecule has 2 aromatic heterocycles. The number of hydrogen-bond acceptors (Lipinski definition) is 2. The van der Waals surface area contributed by atoms with Gasteiger partial charge >= 0.3 is 0 Å². The van der Waals surface area contributed by atoms with Crippen LogP contribution in [0.3, 0.4) is 0 Å². The highest BCUT2D eigenvalue weighted by Gasteiger charge is 2.09. The zero-order valence-electron chi connectivity index (χ0n) is 15.6. The van der Waals surface area contributed by atoms with E-state index in [0.717, 1.165) is 35.0 Å². The van der Waals surface area contributed by atoms with Crippen molar-refractivity contribution in [3.63, 3.8) is 0 Å². The van der Waals surface area contributed by atoms with Crippen molar-refractivity contribution in [2.45, 2.75) is 19.8 Å². The van der Waals surface area contributed by atoms with E-state index < -0.39 is 0 Å². The van der Waals surface area contributed by atoms with Gasteiger partial charge in [-0.1, -0.05) is 19.4 Å². The Hall–Kier alpha value is -3.60. The molecule has 0 aliphatic heterocycles. The van der Waals surface area contributed by atoms with Crippen molar-refractivity contribution in [1.82, 2.24) is 9.55 Å². The Morgan fingerprint density at radius 1 is 1.04 bits per heavy atom. The van der Waals surface area contributed by atoms with Gasteiger partial charge < -0.3 is 14.9 Å². The molecule has 0 saturated heterocycles. The van der Waals surface area contributed by atoms with Crippen LogP contribution in [0.15, 0.2) is 77.9 Å². The molecule has 2 heterocycles. The Balaban J connectivity index is 1.57. The third-order valence-electron chi connectivity index (χ3n) is 4.74. The van der Waals surface area contributed by atoms with Gasteiger partial charge in [0.05, 0.1) is 5.52 Å². The number of H-pyrrole nitrogens is 1. The van der Waals surface area contributed by atoms with E-state index in [1.165, 1.54) is 0 Å². The SMILES string of the molecule is CCCc1cc(=O)[nH]c2cc(NC(=O)c3ccc(-n4cccc4)cc3)ccc12. The van der Waals surface area contributed by atoms with Gasteiger partial charge in [0.25, 0.3) is 5.91 Å². The largest absolute Gasteiger partial charge is 0.324 e. The third-order valence-corrected chi connectivity index (χ3v) is 4.74. The Morgan fingerprint density at radius 3 is 2.50 bits per heavy atom. The van der Waals surface area contributed by atoms with Crippen LogP contribution in [-0.4, -0.2) is 15.5 Å². The summed E-state index contributed by atoms with van der Waals surface area (Å²) in [6.07, 6.45) is 5.73. The number of benzene rings is 2. The van der Waals surface area contributed by atoms with Crippen LogP contribution in [0.1, 0.15) is 29.3 Å². The normalized spacial score (nSPS) is 10.9. The van der Waals surface area contributed by atoms with Crippen LogP contribution in [-0.2, 0) is 6.42 Å². The van der Waals surface area contributed by atoms with E-state index in [1.54, 1.807) is 18.2 Å². The van der Waals surface area contributed by atoms with Crippen LogP contribution >= 0.6 is 0 Å². The summed E-state index contributed by atoms with van der Waals surface area (Å²) in [5.74, 6) is -0.189. The molecule has 5 nitrogen and oxygen atoms in total. The number of aryl methyl sites for hydroxylation is 1. The summed E-state index contributed by atoms with van der Waals surface area (Å²) in [6, 6.07) is 18.6. The van der Waals surface area contributed by atoms with Gasteiger partial charge in [-0.25, -0.2) is 0 Å². The van der Waals surface area contributed by atoms with E-state index in [9.17, 15) is 9.59 Å². The average molecular weight is 371 g/mol. The van der Waals surface area contributed by atoms with Gasteiger partial charge in [0.2, 0.25) is 5.56 Å². The molecule has 0 radical (unpaired) electrons. The Labute approximate surface area is 162 Å². The second-order valence-corrected chi connectivity index (χ2v) is 6.76.